The lowest BCUT2D eigenvalue weighted by molar-refractivity contribution is 0.143. The number of alkyl carbamates (subject to hydrolysis) is 1. The molecule has 0 saturated carbocycles. The van der Waals surface area contributed by atoms with Crippen LogP contribution in [0.2, 0.25) is 5.15 Å². The number of hydrogen-bond acceptors (Lipinski definition) is 5. The number of thioether (sulfide) groups is 1. The van der Waals surface area contributed by atoms with Crippen LogP contribution in [0.3, 0.4) is 0 Å². The van der Waals surface area contributed by atoms with Gasteiger partial charge >= 0.3 is 6.09 Å². The quantitative estimate of drug-likeness (QED) is 0.213. The summed E-state index contributed by atoms with van der Waals surface area (Å²) in [6, 6.07) is 16.6. The average molecular weight is 452 g/mol. The molecule has 0 radical (unpaired) electrons. The Balaban J connectivity index is 1.27. The maximum atomic E-state index is 12.2. The molecule has 5 nitrogen and oxygen atoms in total. The van der Waals surface area contributed by atoms with Crippen molar-refractivity contribution in [3.8, 4) is 11.1 Å². The van der Waals surface area contributed by atoms with Gasteiger partial charge in [-0.25, -0.2) is 14.8 Å². The predicted octanol–water partition coefficient (Wildman–Crippen LogP) is 5.79. The number of nitrogens with one attached hydrogen (secondary N) is 1. The van der Waals surface area contributed by atoms with Crippen molar-refractivity contribution in [3.63, 3.8) is 0 Å². The number of carbonyl (C=O) groups excluding carboxylic acids is 1. The first-order valence-electron chi connectivity index (χ1n) is 9.99. The topological polar surface area (TPSA) is 64.1 Å². The van der Waals surface area contributed by atoms with Crippen LogP contribution in [0.4, 0.5) is 4.79 Å². The van der Waals surface area contributed by atoms with E-state index in [1.165, 1.54) is 34.0 Å². The van der Waals surface area contributed by atoms with Gasteiger partial charge in [-0.15, -0.1) is 0 Å². The molecular weight excluding hydrogens is 430 g/mol. The van der Waals surface area contributed by atoms with E-state index in [4.69, 9.17) is 16.3 Å². The smallest absolute Gasteiger partial charge is 0.407 e. The van der Waals surface area contributed by atoms with Gasteiger partial charge in [0, 0.05) is 24.2 Å². The van der Waals surface area contributed by atoms with Crippen LogP contribution in [0, 0.1) is 0 Å². The van der Waals surface area contributed by atoms with Crippen molar-refractivity contribution < 1.29 is 9.53 Å². The van der Waals surface area contributed by atoms with E-state index in [1.807, 2.05) is 42.7 Å². The zero-order valence-electron chi connectivity index (χ0n) is 17.0. The van der Waals surface area contributed by atoms with Crippen LogP contribution in [-0.2, 0) is 4.74 Å². The minimum atomic E-state index is -0.416. The molecular formula is C24H22ClN3O2S. The second-order valence-corrected chi connectivity index (χ2v) is 8.18. The lowest BCUT2D eigenvalue weighted by Crippen LogP contribution is -2.26. The molecule has 158 valence electrons. The van der Waals surface area contributed by atoms with Gasteiger partial charge in [-0.3, -0.25) is 0 Å². The van der Waals surface area contributed by atoms with Crippen molar-refractivity contribution in [1.82, 2.24) is 15.3 Å². The highest BCUT2D eigenvalue weighted by Gasteiger charge is 2.28. The Morgan fingerprint density at radius 1 is 1.16 bits per heavy atom. The molecule has 1 aliphatic rings. The van der Waals surface area contributed by atoms with Gasteiger partial charge in [0.15, 0.2) is 5.16 Å². The molecule has 1 heterocycles. The molecule has 0 unspecified atom stereocenters. The summed E-state index contributed by atoms with van der Waals surface area (Å²) < 4.78 is 5.53. The number of aromatic nitrogens is 2. The van der Waals surface area contributed by atoms with Crippen LogP contribution < -0.4 is 5.32 Å². The molecule has 0 aliphatic heterocycles. The van der Waals surface area contributed by atoms with Crippen LogP contribution in [0.1, 0.15) is 29.0 Å². The Labute approximate surface area is 190 Å². The number of amides is 1. The van der Waals surface area contributed by atoms with Gasteiger partial charge in [0.2, 0.25) is 0 Å². The van der Waals surface area contributed by atoms with Crippen molar-refractivity contribution in [2.75, 3.05) is 19.4 Å². The van der Waals surface area contributed by atoms with Gasteiger partial charge in [0.05, 0.1) is 0 Å². The third kappa shape index (κ3) is 4.92. The Morgan fingerprint density at radius 3 is 2.48 bits per heavy atom. The summed E-state index contributed by atoms with van der Waals surface area (Å²) in [6.45, 7) is 0.777. The largest absolute Gasteiger partial charge is 0.449 e. The number of carbonyl (C=O) groups is 1. The van der Waals surface area contributed by atoms with E-state index in [2.05, 4.69) is 39.6 Å². The summed E-state index contributed by atoms with van der Waals surface area (Å²) in [5.41, 5.74) is 5.58. The standard InChI is InChI=1S/C24H22ClN3O2S/c1-31-23-27-14-16(22(25)28-23)8-6-7-13-26-24(29)30-15-21-19-11-4-2-9-17(19)18-10-3-5-12-20(18)21/h2-6,8-12,14,21H,7,13,15H2,1H3,(H,26,29). The average Bonchev–Trinajstić information content (AvgIpc) is 3.12. The first kappa shape index (κ1) is 21.4. The van der Waals surface area contributed by atoms with E-state index in [0.29, 0.717) is 29.9 Å². The number of ether oxygens (including phenoxy) is 1. The molecule has 1 aromatic heterocycles. The number of nitrogens with zero attached hydrogens (tertiary/aromatic N) is 2. The van der Waals surface area contributed by atoms with Crippen LogP contribution in [0.5, 0.6) is 0 Å². The summed E-state index contributed by atoms with van der Waals surface area (Å²) in [6.07, 6.45) is 7.59. The molecule has 0 fully saturated rings. The van der Waals surface area contributed by atoms with Gasteiger partial charge in [0.25, 0.3) is 0 Å². The molecule has 0 atom stereocenters. The number of hydrogen-bond donors (Lipinski definition) is 1. The molecule has 4 rings (SSSR count). The van der Waals surface area contributed by atoms with Gasteiger partial charge in [0.1, 0.15) is 11.8 Å². The van der Waals surface area contributed by atoms with Crippen LogP contribution in [-0.4, -0.2) is 35.5 Å². The van der Waals surface area contributed by atoms with Crippen LogP contribution >= 0.6 is 23.4 Å². The first-order chi connectivity index (χ1) is 15.2. The maximum absolute atomic E-state index is 12.2. The summed E-state index contributed by atoms with van der Waals surface area (Å²) in [4.78, 5) is 20.6. The zero-order valence-corrected chi connectivity index (χ0v) is 18.6. The van der Waals surface area contributed by atoms with Crippen LogP contribution in [0.15, 0.2) is 66.0 Å². The minimum absolute atomic E-state index is 0.0597. The molecule has 0 bridgehead atoms. The summed E-state index contributed by atoms with van der Waals surface area (Å²) in [5.74, 6) is 0.0597. The number of halogens is 1. The Hall–Kier alpha value is -2.83. The Kier molecular flexibility index (Phi) is 6.89. The monoisotopic (exact) mass is 451 g/mol. The van der Waals surface area contributed by atoms with Crippen molar-refractivity contribution in [1.29, 1.82) is 0 Å². The van der Waals surface area contributed by atoms with E-state index >= 15 is 0 Å². The normalized spacial score (nSPS) is 12.6. The number of rotatable bonds is 7. The van der Waals surface area contributed by atoms with Crippen molar-refractivity contribution in [3.05, 3.63) is 82.6 Å². The Morgan fingerprint density at radius 2 is 1.84 bits per heavy atom. The van der Waals surface area contributed by atoms with Gasteiger partial charge in [-0.05, 0) is 34.9 Å². The molecule has 7 heteroatoms. The molecule has 1 amide bonds. The predicted molar refractivity (Wildman–Crippen MR) is 126 cm³/mol. The zero-order chi connectivity index (χ0) is 21.6. The number of fused-ring (bicyclic) bond motifs is 3. The van der Waals surface area contributed by atoms with Gasteiger partial charge < -0.3 is 10.1 Å². The highest BCUT2D eigenvalue weighted by Crippen LogP contribution is 2.44. The third-order valence-electron chi connectivity index (χ3n) is 5.15. The Bertz CT molecular complexity index is 1070. The van der Waals surface area contributed by atoms with E-state index in [9.17, 15) is 4.79 Å². The highest BCUT2D eigenvalue weighted by atomic mass is 35.5. The van der Waals surface area contributed by atoms with Gasteiger partial charge in [-0.2, -0.15) is 0 Å². The summed E-state index contributed by atoms with van der Waals surface area (Å²) in [7, 11) is 0. The molecule has 0 saturated heterocycles. The molecule has 31 heavy (non-hydrogen) atoms. The first-order valence-corrected chi connectivity index (χ1v) is 11.6. The fraction of sp³-hybridized carbons (Fsp3) is 0.208. The minimum Gasteiger partial charge on any atom is -0.449 e. The molecule has 2 aromatic carbocycles. The molecule has 1 aliphatic carbocycles. The summed E-state index contributed by atoms with van der Waals surface area (Å²) in [5, 5.41) is 3.85. The second kappa shape index (κ2) is 9.98. The number of benzene rings is 2. The molecule has 3 aromatic rings. The van der Waals surface area contributed by atoms with E-state index < -0.39 is 6.09 Å². The lowest BCUT2D eigenvalue weighted by Gasteiger charge is -2.14. The van der Waals surface area contributed by atoms with Crippen LogP contribution in [0.25, 0.3) is 17.2 Å². The highest BCUT2D eigenvalue weighted by molar-refractivity contribution is 7.98. The van der Waals surface area contributed by atoms with Crippen molar-refractivity contribution in [2.24, 2.45) is 0 Å². The lowest BCUT2D eigenvalue weighted by atomic mass is 9.98. The second-order valence-electron chi connectivity index (χ2n) is 7.05. The SMILES string of the molecule is CSc1ncc(C=CCCNC(=O)OCC2c3ccccc3-c3ccccc32)c(Cl)n1. The fourth-order valence-corrected chi connectivity index (χ4v) is 4.27. The van der Waals surface area contributed by atoms with Crippen molar-refractivity contribution >= 4 is 35.5 Å². The maximum Gasteiger partial charge on any atom is 0.407 e. The van der Waals surface area contributed by atoms with Crippen molar-refractivity contribution in [2.45, 2.75) is 17.5 Å². The van der Waals surface area contributed by atoms with E-state index in [0.717, 1.165) is 5.56 Å². The third-order valence-corrected chi connectivity index (χ3v) is 6.01. The van der Waals surface area contributed by atoms with E-state index in [1.54, 1.807) is 6.20 Å². The molecule has 0 spiro atoms. The van der Waals surface area contributed by atoms with E-state index in [-0.39, 0.29) is 5.92 Å². The fourth-order valence-electron chi connectivity index (χ4n) is 3.68. The van der Waals surface area contributed by atoms with Gasteiger partial charge in [-0.1, -0.05) is 84.0 Å². The summed E-state index contributed by atoms with van der Waals surface area (Å²) >= 11 is 7.58. The molecule has 1 N–H and O–H groups in total.